The summed E-state index contributed by atoms with van der Waals surface area (Å²) in [6.07, 6.45) is 0. The molecule has 1 nitrogen and oxygen atoms in total. The van der Waals surface area contributed by atoms with Crippen molar-refractivity contribution < 1.29 is 0 Å². The van der Waals surface area contributed by atoms with Gasteiger partial charge in [0, 0.05) is 21.8 Å². The third-order valence-corrected chi connectivity index (χ3v) is 7.08. The van der Waals surface area contributed by atoms with E-state index in [1.165, 1.54) is 65.7 Å². The molecule has 0 spiro atoms. The molecule has 0 aliphatic rings. The van der Waals surface area contributed by atoms with Crippen LogP contribution in [0.15, 0.2) is 121 Å². The maximum Gasteiger partial charge on any atom is 0.0619 e. The Bertz CT molecular complexity index is 1840. The summed E-state index contributed by atoms with van der Waals surface area (Å²) in [7, 11) is 0. The summed E-state index contributed by atoms with van der Waals surface area (Å²) in [6.45, 7) is 2.23. The van der Waals surface area contributed by atoms with Crippen molar-refractivity contribution in [2.24, 2.45) is 0 Å². The fourth-order valence-electron chi connectivity index (χ4n) is 5.61. The van der Waals surface area contributed by atoms with Crippen LogP contribution in [0.4, 0.5) is 0 Å². The quantitative estimate of drug-likeness (QED) is 0.256. The van der Waals surface area contributed by atoms with Crippen molar-refractivity contribution in [1.29, 1.82) is 0 Å². The zero-order chi connectivity index (χ0) is 22.6. The van der Waals surface area contributed by atoms with Crippen molar-refractivity contribution in [3.63, 3.8) is 0 Å². The predicted octanol–water partition coefficient (Wildman–Crippen LogP) is 9.07. The van der Waals surface area contributed by atoms with Crippen LogP contribution < -0.4 is 0 Å². The van der Waals surface area contributed by atoms with Gasteiger partial charge in [-0.15, -0.1) is 0 Å². The second-order valence-electron chi connectivity index (χ2n) is 9.04. The Kier molecular flexibility index (Phi) is 4.13. The Morgan fingerprint density at radius 1 is 0.500 bits per heavy atom. The number of para-hydroxylation sites is 1. The summed E-state index contributed by atoms with van der Waals surface area (Å²) in [6, 6.07) is 44.0. The molecule has 0 fully saturated rings. The first kappa shape index (κ1) is 19.1. The SMILES string of the molecule is Cc1cc2c3c4ccccc4c(-c4ccccc4)cc3n(-c3ccccc3)c2c2ccccc12. The number of rotatable bonds is 2. The second kappa shape index (κ2) is 7.33. The van der Waals surface area contributed by atoms with Gasteiger partial charge in [-0.3, -0.25) is 0 Å². The number of aromatic nitrogens is 1. The number of benzene rings is 6. The van der Waals surface area contributed by atoms with Gasteiger partial charge in [-0.1, -0.05) is 97.1 Å². The first-order valence-corrected chi connectivity index (χ1v) is 11.8. The number of fused-ring (bicyclic) bond motifs is 7. The molecule has 0 radical (unpaired) electrons. The average Bonchev–Trinajstić information content (AvgIpc) is 3.24. The zero-order valence-electron chi connectivity index (χ0n) is 19.0. The van der Waals surface area contributed by atoms with Crippen molar-refractivity contribution in [3.8, 4) is 16.8 Å². The lowest BCUT2D eigenvalue weighted by Gasteiger charge is -2.12. The molecule has 0 saturated carbocycles. The summed E-state index contributed by atoms with van der Waals surface area (Å²) in [5.41, 5.74) is 7.53. The van der Waals surface area contributed by atoms with E-state index in [4.69, 9.17) is 0 Å². The van der Waals surface area contributed by atoms with Crippen LogP contribution in [0, 0.1) is 6.92 Å². The normalized spacial score (nSPS) is 11.7. The maximum atomic E-state index is 2.46. The first-order valence-electron chi connectivity index (χ1n) is 11.8. The third-order valence-electron chi connectivity index (χ3n) is 7.08. The minimum atomic E-state index is 1.19. The molecule has 0 aliphatic heterocycles. The van der Waals surface area contributed by atoms with Crippen molar-refractivity contribution in [3.05, 3.63) is 127 Å². The molecule has 6 aromatic carbocycles. The zero-order valence-corrected chi connectivity index (χ0v) is 19.0. The largest absolute Gasteiger partial charge is 0.309 e. The third kappa shape index (κ3) is 2.67. The molecule has 1 heteroatoms. The summed E-state index contributed by atoms with van der Waals surface area (Å²) in [5, 5.41) is 7.83. The van der Waals surface area contributed by atoms with E-state index < -0.39 is 0 Å². The van der Waals surface area contributed by atoms with Gasteiger partial charge in [0.15, 0.2) is 0 Å². The Hall–Kier alpha value is -4.36. The number of nitrogens with zero attached hydrogens (tertiary/aromatic N) is 1. The second-order valence-corrected chi connectivity index (χ2v) is 9.04. The van der Waals surface area contributed by atoms with Gasteiger partial charge in [0.25, 0.3) is 0 Å². The molecule has 1 heterocycles. The molecule has 0 saturated heterocycles. The van der Waals surface area contributed by atoms with Gasteiger partial charge in [0.2, 0.25) is 0 Å². The summed E-state index contributed by atoms with van der Waals surface area (Å²) >= 11 is 0. The number of hydrogen-bond donors (Lipinski definition) is 0. The number of hydrogen-bond acceptors (Lipinski definition) is 0. The van der Waals surface area contributed by atoms with Gasteiger partial charge in [-0.05, 0) is 64.0 Å². The molecule has 0 amide bonds. The Morgan fingerprint density at radius 3 is 1.82 bits per heavy atom. The van der Waals surface area contributed by atoms with Crippen molar-refractivity contribution in [2.45, 2.75) is 6.92 Å². The molecular formula is C33H23N. The Morgan fingerprint density at radius 2 is 1.09 bits per heavy atom. The van der Waals surface area contributed by atoms with E-state index >= 15 is 0 Å². The van der Waals surface area contributed by atoms with Crippen LogP contribution in [0.1, 0.15) is 5.56 Å². The highest BCUT2D eigenvalue weighted by Crippen LogP contribution is 2.43. The average molecular weight is 434 g/mol. The molecule has 0 atom stereocenters. The van der Waals surface area contributed by atoms with E-state index in [1.54, 1.807) is 0 Å². The van der Waals surface area contributed by atoms with Crippen molar-refractivity contribution in [1.82, 2.24) is 4.57 Å². The summed E-state index contributed by atoms with van der Waals surface area (Å²) in [5.74, 6) is 0. The monoisotopic (exact) mass is 433 g/mol. The van der Waals surface area contributed by atoms with Crippen LogP contribution in [0.3, 0.4) is 0 Å². The van der Waals surface area contributed by atoms with Crippen molar-refractivity contribution in [2.75, 3.05) is 0 Å². The van der Waals surface area contributed by atoms with E-state index in [0.717, 1.165) is 0 Å². The van der Waals surface area contributed by atoms with Crippen molar-refractivity contribution >= 4 is 43.4 Å². The van der Waals surface area contributed by atoms with Crippen LogP contribution >= 0.6 is 0 Å². The molecule has 7 rings (SSSR count). The van der Waals surface area contributed by atoms with Crippen LogP contribution in [-0.2, 0) is 0 Å². The van der Waals surface area contributed by atoms with Gasteiger partial charge >= 0.3 is 0 Å². The minimum Gasteiger partial charge on any atom is -0.309 e. The Balaban J connectivity index is 1.80. The topological polar surface area (TPSA) is 4.93 Å². The highest BCUT2D eigenvalue weighted by atomic mass is 15.0. The van der Waals surface area contributed by atoms with Crippen LogP contribution in [0.5, 0.6) is 0 Å². The van der Waals surface area contributed by atoms with E-state index in [-0.39, 0.29) is 0 Å². The van der Waals surface area contributed by atoms with Crippen LogP contribution in [0.2, 0.25) is 0 Å². The molecule has 160 valence electrons. The molecule has 0 N–H and O–H groups in total. The van der Waals surface area contributed by atoms with Gasteiger partial charge < -0.3 is 4.57 Å². The summed E-state index contributed by atoms with van der Waals surface area (Å²) in [4.78, 5) is 0. The Labute approximate surface area is 198 Å². The lowest BCUT2D eigenvalue weighted by molar-refractivity contribution is 1.19. The van der Waals surface area contributed by atoms with Gasteiger partial charge in [-0.25, -0.2) is 0 Å². The maximum absolute atomic E-state index is 2.46. The number of aryl methyl sites for hydroxylation is 1. The van der Waals surface area contributed by atoms with E-state index in [2.05, 4.69) is 133 Å². The fourth-order valence-corrected chi connectivity index (χ4v) is 5.61. The van der Waals surface area contributed by atoms with Crippen LogP contribution in [-0.4, -0.2) is 4.57 Å². The minimum absolute atomic E-state index is 1.19. The highest BCUT2D eigenvalue weighted by Gasteiger charge is 2.20. The standard InChI is InChI=1S/C33H23N/c1-22-20-30-32-27-18-10-9-17-26(27)29(23-12-4-2-5-13-23)21-31(32)34(24-14-6-3-7-15-24)33(30)28-19-11-8-16-25(22)28/h2-21H,1H3. The first-order chi connectivity index (χ1) is 16.8. The van der Waals surface area contributed by atoms with E-state index in [0.29, 0.717) is 0 Å². The molecular weight excluding hydrogens is 410 g/mol. The van der Waals surface area contributed by atoms with E-state index in [1.807, 2.05) is 0 Å². The van der Waals surface area contributed by atoms with Gasteiger partial charge in [0.1, 0.15) is 0 Å². The smallest absolute Gasteiger partial charge is 0.0619 e. The molecule has 0 unspecified atom stereocenters. The fraction of sp³-hybridized carbons (Fsp3) is 0.0303. The van der Waals surface area contributed by atoms with Gasteiger partial charge in [0.05, 0.1) is 11.0 Å². The lowest BCUT2D eigenvalue weighted by Crippen LogP contribution is -1.95. The molecule has 7 aromatic rings. The molecule has 0 aliphatic carbocycles. The lowest BCUT2D eigenvalue weighted by atomic mass is 9.94. The molecule has 34 heavy (non-hydrogen) atoms. The van der Waals surface area contributed by atoms with Gasteiger partial charge in [-0.2, -0.15) is 0 Å². The molecule has 0 bridgehead atoms. The predicted molar refractivity (Wildman–Crippen MR) is 146 cm³/mol. The summed E-state index contributed by atoms with van der Waals surface area (Å²) < 4.78 is 2.46. The van der Waals surface area contributed by atoms with Crippen LogP contribution in [0.25, 0.3) is 60.2 Å². The highest BCUT2D eigenvalue weighted by molar-refractivity contribution is 6.28. The molecule has 1 aromatic heterocycles. The van der Waals surface area contributed by atoms with E-state index in [9.17, 15) is 0 Å².